The maximum Gasteiger partial charge on any atom is 0.119 e. The molecule has 1 unspecified atom stereocenters. The Kier molecular flexibility index (Phi) is 5.06. The molecule has 0 bridgehead atoms. The van der Waals surface area contributed by atoms with Gasteiger partial charge >= 0.3 is 0 Å². The zero-order valence-electron chi connectivity index (χ0n) is 11.6. The average Bonchev–Trinajstić information content (AvgIpc) is 3.20. The van der Waals surface area contributed by atoms with Crippen LogP contribution in [0.5, 0.6) is 5.75 Å². The van der Waals surface area contributed by atoms with E-state index in [1.54, 1.807) is 0 Å². The normalized spacial score (nSPS) is 16.6. The van der Waals surface area contributed by atoms with Crippen LogP contribution in [0.25, 0.3) is 0 Å². The zero-order chi connectivity index (χ0) is 12.8. The minimum atomic E-state index is 0.478. The third-order valence-electron chi connectivity index (χ3n) is 3.55. The van der Waals surface area contributed by atoms with Crippen LogP contribution in [0.1, 0.15) is 57.1 Å². The van der Waals surface area contributed by atoms with Crippen molar-refractivity contribution in [3.05, 3.63) is 29.8 Å². The quantitative estimate of drug-likeness (QED) is 0.699. The molecule has 0 heterocycles. The van der Waals surface area contributed by atoms with Crippen LogP contribution in [0, 0.1) is 0 Å². The lowest BCUT2D eigenvalue weighted by Crippen LogP contribution is -2.16. The summed E-state index contributed by atoms with van der Waals surface area (Å²) in [6.07, 6.45) is 8.04. The molecule has 0 radical (unpaired) electrons. The van der Waals surface area contributed by atoms with Gasteiger partial charge in [-0.2, -0.15) is 0 Å². The molecule has 0 aliphatic heterocycles. The summed E-state index contributed by atoms with van der Waals surface area (Å²) < 4.78 is 5.77. The van der Waals surface area contributed by atoms with Crippen molar-refractivity contribution in [2.45, 2.75) is 57.6 Å². The van der Waals surface area contributed by atoms with Gasteiger partial charge in [0.05, 0.1) is 6.10 Å². The van der Waals surface area contributed by atoms with Gasteiger partial charge in [-0.25, -0.2) is 0 Å². The molecule has 1 aliphatic carbocycles. The summed E-state index contributed by atoms with van der Waals surface area (Å²) in [7, 11) is 2.05. The highest BCUT2D eigenvalue weighted by molar-refractivity contribution is 5.29. The molecule has 0 aromatic heterocycles. The minimum Gasteiger partial charge on any atom is -0.490 e. The van der Waals surface area contributed by atoms with Crippen LogP contribution >= 0.6 is 0 Å². The van der Waals surface area contributed by atoms with E-state index < -0.39 is 0 Å². The molecular formula is C16H25NO. The van der Waals surface area contributed by atoms with E-state index in [1.807, 2.05) is 7.05 Å². The SMILES string of the molecule is CCCCCC(NC)c1ccc(OC2CC2)cc1. The summed E-state index contributed by atoms with van der Waals surface area (Å²) in [5, 5.41) is 3.41. The number of rotatable bonds is 8. The highest BCUT2D eigenvalue weighted by Crippen LogP contribution is 2.28. The van der Waals surface area contributed by atoms with Gasteiger partial charge in [0, 0.05) is 6.04 Å². The van der Waals surface area contributed by atoms with E-state index >= 15 is 0 Å². The number of hydrogen-bond acceptors (Lipinski definition) is 2. The highest BCUT2D eigenvalue weighted by atomic mass is 16.5. The molecule has 100 valence electrons. The highest BCUT2D eigenvalue weighted by Gasteiger charge is 2.23. The van der Waals surface area contributed by atoms with Crippen LogP contribution < -0.4 is 10.1 Å². The Hall–Kier alpha value is -1.02. The van der Waals surface area contributed by atoms with E-state index in [0.717, 1.165) is 5.75 Å². The standard InChI is InChI=1S/C16H25NO/c1-3-4-5-6-16(17-2)13-7-9-14(10-8-13)18-15-11-12-15/h7-10,15-17H,3-6,11-12H2,1-2H3. The average molecular weight is 247 g/mol. The summed E-state index contributed by atoms with van der Waals surface area (Å²) >= 11 is 0. The van der Waals surface area contributed by atoms with Crippen molar-refractivity contribution < 1.29 is 4.74 Å². The van der Waals surface area contributed by atoms with E-state index in [0.29, 0.717) is 12.1 Å². The monoisotopic (exact) mass is 247 g/mol. The van der Waals surface area contributed by atoms with Gasteiger partial charge in [-0.3, -0.25) is 0 Å². The lowest BCUT2D eigenvalue weighted by Gasteiger charge is -2.17. The van der Waals surface area contributed by atoms with E-state index in [-0.39, 0.29) is 0 Å². The predicted molar refractivity (Wildman–Crippen MR) is 76.0 cm³/mol. The third-order valence-corrected chi connectivity index (χ3v) is 3.55. The van der Waals surface area contributed by atoms with Gasteiger partial charge in [-0.05, 0) is 44.0 Å². The Morgan fingerprint density at radius 1 is 1.22 bits per heavy atom. The molecule has 1 aromatic rings. The van der Waals surface area contributed by atoms with Crippen LogP contribution in [0.3, 0.4) is 0 Å². The molecule has 2 heteroatoms. The van der Waals surface area contributed by atoms with Crippen molar-refractivity contribution in [3.63, 3.8) is 0 Å². The van der Waals surface area contributed by atoms with Gasteiger partial charge in [-0.15, -0.1) is 0 Å². The van der Waals surface area contributed by atoms with E-state index in [4.69, 9.17) is 4.74 Å². The first-order valence-corrected chi connectivity index (χ1v) is 7.27. The van der Waals surface area contributed by atoms with Crippen molar-refractivity contribution in [1.29, 1.82) is 0 Å². The molecule has 1 fully saturated rings. The fourth-order valence-corrected chi connectivity index (χ4v) is 2.23. The van der Waals surface area contributed by atoms with Gasteiger partial charge in [0.25, 0.3) is 0 Å². The summed E-state index contributed by atoms with van der Waals surface area (Å²) in [5.74, 6) is 1.02. The third kappa shape index (κ3) is 4.02. The summed E-state index contributed by atoms with van der Waals surface area (Å²) in [5.41, 5.74) is 1.37. The molecule has 1 saturated carbocycles. The largest absolute Gasteiger partial charge is 0.490 e. The number of hydrogen-bond donors (Lipinski definition) is 1. The maximum atomic E-state index is 5.77. The molecule has 1 aliphatic rings. The second-order valence-electron chi connectivity index (χ2n) is 5.22. The molecule has 2 rings (SSSR count). The van der Waals surface area contributed by atoms with Gasteiger partial charge in [0.2, 0.25) is 0 Å². The van der Waals surface area contributed by atoms with Gasteiger partial charge in [0.15, 0.2) is 0 Å². The molecule has 1 N–H and O–H groups in total. The molecule has 0 saturated heterocycles. The molecule has 18 heavy (non-hydrogen) atoms. The van der Waals surface area contributed by atoms with Gasteiger partial charge in [-0.1, -0.05) is 38.3 Å². The molecule has 0 amide bonds. The molecule has 0 spiro atoms. The second-order valence-corrected chi connectivity index (χ2v) is 5.22. The number of nitrogens with one attached hydrogen (secondary N) is 1. The first kappa shape index (κ1) is 13.4. The molecule has 1 atom stereocenters. The van der Waals surface area contributed by atoms with Crippen LogP contribution in [-0.2, 0) is 0 Å². The lowest BCUT2D eigenvalue weighted by molar-refractivity contribution is 0.303. The fourth-order valence-electron chi connectivity index (χ4n) is 2.23. The van der Waals surface area contributed by atoms with Gasteiger partial charge < -0.3 is 10.1 Å². The Morgan fingerprint density at radius 3 is 2.50 bits per heavy atom. The fraction of sp³-hybridized carbons (Fsp3) is 0.625. The second kappa shape index (κ2) is 6.79. The van der Waals surface area contributed by atoms with Crippen LogP contribution in [0.15, 0.2) is 24.3 Å². The van der Waals surface area contributed by atoms with Crippen molar-refractivity contribution in [3.8, 4) is 5.75 Å². The van der Waals surface area contributed by atoms with Crippen molar-refractivity contribution in [2.75, 3.05) is 7.05 Å². The smallest absolute Gasteiger partial charge is 0.119 e. The zero-order valence-corrected chi connectivity index (χ0v) is 11.6. The summed E-state index contributed by atoms with van der Waals surface area (Å²) in [6.45, 7) is 2.25. The molecule has 2 nitrogen and oxygen atoms in total. The Morgan fingerprint density at radius 2 is 1.94 bits per heavy atom. The Bertz CT molecular complexity index is 343. The lowest BCUT2D eigenvalue weighted by atomic mass is 10.0. The van der Waals surface area contributed by atoms with Crippen molar-refractivity contribution in [1.82, 2.24) is 5.32 Å². The number of benzene rings is 1. The van der Waals surface area contributed by atoms with E-state index in [9.17, 15) is 0 Å². The van der Waals surface area contributed by atoms with Crippen LogP contribution in [-0.4, -0.2) is 13.2 Å². The molecular weight excluding hydrogens is 222 g/mol. The summed E-state index contributed by atoms with van der Waals surface area (Å²) in [6, 6.07) is 9.09. The Balaban J connectivity index is 1.88. The predicted octanol–water partition coefficient (Wildman–Crippen LogP) is 4.07. The summed E-state index contributed by atoms with van der Waals surface area (Å²) in [4.78, 5) is 0. The van der Waals surface area contributed by atoms with Crippen molar-refractivity contribution in [2.24, 2.45) is 0 Å². The van der Waals surface area contributed by atoms with Gasteiger partial charge in [0.1, 0.15) is 5.75 Å². The first-order chi connectivity index (χ1) is 8.83. The molecule has 1 aromatic carbocycles. The van der Waals surface area contributed by atoms with Crippen LogP contribution in [0.2, 0.25) is 0 Å². The van der Waals surface area contributed by atoms with Crippen molar-refractivity contribution >= 4 is 0 Å². The first-order valence-electron chi connectivity index (χ1n) is 7.27. The van der Waals surface area contributed by atoms with E-state index in [1.165, 1.54) is 44.1 Å². The van der Waals surface area contributed by atoms with E-state index in [2.05, 4.69) is 36.5 Å². The maximum absolute atomic E-state index is 5.77. The number of unbranched alkanes of at least 4 members (excludes halogenated alkanes) is 2. The number of ether oxygens (including phenoxy) is 1. The topological polar surface area (TPSA) is 21.3 Å². The minimum absolute atomic E-state index is 0.478. The Labute approximate surface area is 111 Å². The van der Waals surface area contributed by atoms with Crippen LogP contribution in [0.4, 0.5) is 0 Å².